The maximum Gasteiger partial charge on any atom is 0.409 e. The molecule has 6 nitrogen and oxygen atoms in total. The van der Waals surface area contributed by atoms with Crippen molar-refractivity contribution in [1.29, 1.82) is 5.26 Å². The number of aliphatic hydroxyl groups excluding tert-OH is 1. The van der Waals surface area contributed by atoms with Gasteiger partial charge in [0.15, 0.2) is 5.41 Å². The van der Waals surface area contributed by atoms with Crippen molar-refractivity contribution in [3.63, 3.8) is 0 Å². The summed E-state index contributed by atoms with van der Waals surface area (Å²) in [6.07, 6.45) is -8.21. The van der Waals surface area contributed by atoms with E-state index in [4.69, 9.17) is 0 Å². The number of nitrogens with zero attached hydrogens (tertiary/aromatic N) is 1. The van der Waals surface area contributed by atoms with Crippen LogP contribution in [0.25, 0.3) is 11.1 Å². The topological polar surface area (TPSA) is 107 Å². The molecule has 224 valence electrons. The Hall–Kier alpha value is -3.48. The number of benzene rings is 2. The Bertz CT molecular complexity index is 1510. The van der Waals surface area contributed by atoms with Gasteiger partial charge in [0.05, 0.1) is 17.7 Å². The summed E-state index contributed by atoms with van der Waals surface area (Å²) in [7, 11) is -3.91. The summed E-state index contributed by atoms with van der Waals surface area (Å²) in [4.78, 5) is 13.2. The molecule has 0 saturated heterocycles. The zero-order chi connectivity index (χ0) is 30.9. The van der Waals surface area contributed by atoms with Gasteiger partial charge in [-0.15, -0.1) is 0 Å². The molecule has 0 aromatic heterocycles. The predicted molar refractivity (Wildman–Crippen MR) is 145 cm³/mol. The molecule has 0 aliphatic heterocycles. The fraction of sp³-hybridized carbons (Fsp3) is 0.467. The quantitative estimate of drug-likeness (QED) is 0.289. The van der Waals surface area contributed by atoms with Crippen LogP contribution in [0, 0.1) is 35.0 Å². The molecule has 2 aliphatic carbocycles. The second-order valence-electron chi connectivity index (χ2n) is 11.1. The zero-order valence-electron chi connectivity index (χ0n) is 22.6. The minimum absolute atomic E-state index is 0.0172. The van der Waals surface area contributed by atoms with Crippen LogP contribution in [0.2, 0.25) is 0 Å². The van der Waals surface area contributed by atoms with Crippen LogP contribution in [-0.2, 0) is 20.0 Å². The van der Waals surface area contributed by atoms with E-state index in [1.54, 1.807) is 0 Å². The average Bonchev–Trinajstić information content (AvgIpc) is 3.86. The van der Waals surface area contributed by atoms with Gasteiger partial charge in [0.25, 0.3) is 6.43 Å². The summed E-state index contributed by atoms with van der Waals surface area (Å²) < 4.78 is 95.4. The number of hydrogen-bond donors (Lipinski definition) is 2. The van der Waals surface area contributed by atoms with Crippen LogP contribution < -0.4 is 5.32 Å². The molecule has 2 fully saturated rings. The molecule has 42 heavy (non-hydrogen) atoms. The Kier molecular flexibility index (Phi) is 8.73. The van der Waals surface area contributed by atoms with Crippen molar-refractivity contribution in [2.24, 2.45) is 11.8 Å². The second kappa shape index (κ2) is 11.7. The molecule has 0 bridgehead atoms. The van der Waals surface area contributed by atoms with Crippen LogP contribution in [0.5, 0.6) is 0 Å². The van der Waals surface area contributed by atoms with E-state index in [9.17, 15) is 32.4 Å². The highest BCUT2D eigenvalue weighted by molar-refractivity contribution is 7.90. The highest BCUT2D eigenvalue weighted by Crippen LogP contribution is 2.47. The Balaban J connectivity index is 1.73. The summed E-state index contributed by atoms with van der Waals surface area (Å²) in [5, 5.41) is 21.4. The number of hydrogen-bond acceptors (Lipinski definition) is 5. The van der Waals surface area contributed by atoms with Crippen molar-refractivity contribution >= 4 is 15.7 Å². The fourth-order valence-corrected chi connectivity index (χ4v) is 5.70. The van der Waals surface area contributed by atoms with Crippen LogP contribution >= 0.6 is 0 Å². The first-order valence-corrected chi connectivity index (χ1v) is 15.3. The minimum Gasteiger partial charge on any atom is -0.382 e. The minimum atomic E-state index is -5.01. The van der Waals surface area contributed by atoms with Crippen molar-refractivity contribution in [1.82, 2.24) is 5.32 Å². The summed E-state index contributed by atoms with van der Waals surface area (Å²) in [6, 6.07) is 12.6. The van der Waals surface area contributed by atoms with Gasteiger partial charge in [-0.3, -0.25) is 4.79 Å². The van der Waals surface area contributed by atoms with E-state index in [2.05, 4.69) is 17.2 Å². The molecule has 4 rings (SSSR count). The number of alkyl halides is 5. The maximum atomic E-state index is 15.1. The van der Waals surface area contributed by atoms with Crippen LogP contribution in [-0.4, -0.2) is 49.6 Å². The summed E-state index contributed by atoms with van der Waals surface area (Å²) >= 11 is 0. The fourth-order valence-electron chi connectivity index (χ4n) is 4.70. The Labute approximate surface area is 240 Å². The number of aliphatic hydroxyl groups is 1. The molecule has 0 spiro atoms. The van der Waals surface area contributed by atoms with Crippen molar-refractivity contribution < 1.29 is 40.3 Å². The van der Waals surface area contributed by atoms with Gasteiger partial charge in [-0.1, -0.05) is 60.4 Å². The lowest BCUT2D eigenvalue weighted by molar-refractivity contribution is -0.178. The van der Waals surface area contributed by atoms with E-state index in [1.807, 2.05) is 6.07 Å². The number of nitriles is 1. The molecule has 2 saturated carbocycles. The first-order valence-electron chi connectivity index (χ1n) is 13.3. The van der Waals surface area contributed by atoms with Crippen LogP contribution in [0.3, 0.4) is 0 Å². The van der Waals surface area contributed by atoms with Crippen LogP contribution in [0.1, 0.15) is 49.3 Å². The number of halogens is 5. The molecule has 2 N–H and O–H groups in total. The van der Waals surface area contributed by atoms with Gasteiger partial charge >= 0.3 is 6.18 Å². The van der Waals surface area contributed by atoms with E-state index in [0.29, 0.717) is 36.8 Å². The van der Waals surface area contributed by atoms with Gasteiger partial charge in [-0.25, -0.2) is 17.2 Å². The molecular formula is C30H29F5N2O4S. The highest BCUT2D eigenvalue weighted by Gasteiger charge is 2.57. The standard InChI is InChI=1S/C30H29F5N2O4S/c1-42(40,41)17-23(27(39)37-28(18-36)14-15-28)16-29(30(33,34)35,13-12-19-2-3-19)24-10-8-21(9-11-24)20-4-6-22(7-5-20)25(38)26(31)32/h4-11,19,23,25-26,38H,2-3,14-17H2,1H3,(H,37,39)/t23-,25+,29-/m0/s1. The number of nitrogens with one attached hydrogen (secondary N) is 1. The van der Waals surface area contributed by atoms with Crippen LogP contribution in [0.4, 0.5) is 22.0 Å². The van der Waals surface area contributed by atoms with Crippen molar-refractivity contribution in [3.8, 4) is 29.0 Å². The Morgan fingerprint density at radius 2 is 1.62 bits per heavy atom. The van der Waals surface area contributed by atoms with Gasteiger partial charge in [0.2, 0.25) is 5.91 Å². The van der Waals surface area contributed by atoms with Gasteiger partial charge in [0.1, 0.15) is 21.5 Å². The first-order chi connectivity index (χ1) is 19.6. The van der Waals surface area contributed by atoms with E-state index < -0.39 is 63.5 Å². The maximum absolute atomic E-state index is 15.1. The Morgan fingerprint density at radius 3 is 2.05 bits per heavy atom. The lowest BCUT2D eigenvalue weighted by Crippen LogP contribution is -2.48. The monoisotopic (exact) mass is 608 g/mol. The molecule has 2 aromatic rings. The molecule has 0 unspecified atom stereocenters. The van der Waals surface area contributed by atoms with E-state index in [1.165, 1.54) is 48.5 Å². The molecule has 12 heteroatoms. The smallest absolute Gasteiger partial charge is 0.382 e. The van der Waals surface area contributed by atoms with Gasteiger partial charge < -0.3 is 10.4 Å². The third-order valence-electron chi connectivity index (χ3n) is 7.51. The third-order valence-corrected chi connectivity index (χ3v) is 8.51. The van der Waals surface area contributed by atoms with Crippen molar-refractivity contribution in [3.05, 3.63) is 59.7 Å². The number of carbonyl (C=O) groups excluding carboxylic acids is 1. The van der Waals surface area contributed by atoms with Gasteiger partial charge in [0, 0.05) is 12.2 Å². The van der Waals surface area contributed by atoms with Gasteiger partial charge in [-0.05, 0) is 54.4 Å². The molecular weight excluding hydrogens is 579 g/mol. The van der Waals surface area contributed by atoms with E-state index >= 15 is 13.2 Å². The summed E-state index contributed by atoms with van der Waals surface area (Å²) in [5.74, 6) is 1.36. The lowest BCUT2D eigenvalue weighted by atomic mass is 9.73. The summed E-state index contributed by atoms with van der Waals surface area (Å²) in [6.45, 7) is 0. The second-order valence-corrected chi connectivity index (χ2v) is 13.3. The number of amides is 1. The molecule has 2 aliphatic rings. The largest absolute Gasteiger partial charge is 0.409 e. The molecule has 2 aromatic carbocycles. The number of sulfone groups is 1. The van der Waals surface area contributed by atoms with E-state index in [-0.39, 0.29) is 17.0 Å². The molecule has 1 amide bonds. The zero-order valence-corrected chi connectivity index (χ0v) is 23.4. The lowest BCUT2D eigenvalue weighted by Gasteiger charge is -2.34. The van der Waals surface area contributed by atoms with Crippen LogP contribution in [0.15, 0.2) is 48.5 Å². The van der Waals surface area contributed by atoms with Crippen molar-refractivity contribution in [2.45, 2.75) is 61.8 Å². The normalized spacial score (nSPS) is 19.0. The van der Waals surface area contributed by atoms with Crippen molar-refractivity contribution in [2.75, 3.05) is 12.0 Å². The molecule has 0 radical (unpaired) electrons. The number of carbonyl (C=O) groups is 1. The average molecular weight is 609 g/mol. The predicted octanol–water partition coefficient (Wildman–Crippen LogP) is 5.09. The van der Waals surface area contributed by atoms with E-state index in [0.717, 1.165) is 6.26 Å². The van der Waals surface area contributed by atoms with Gasteiger partial charge in [-0.2, -0.15) is 18.4 Å². The highest BCUT2D eigenvalue weighted by atomic mass is 32.2. The SMILES string of the molecule is CS(=O)(=O)C[C@H](C[C@@](C#CC1CC1)(c1ccc(-c2ccc([C@@H](O)C(F)F)cc2)cc1)C(F)(F)F)C(=O)NC1(C#N)CC1. The third kappa shape index (κ3) is 7.29. The first kappa shape index (κ1) is 31.5. The summed E-state index contributed by atoms with van der Waals surface area (Å²) in [5.41, 5.74) is -3.46. The Morgan fingerprint density at radius 1 is 1.07 bits per heavy atom. The molecule has 3 atom stereocenters. The molecule has 0 heterocycles. The number of rotatable bonds is 10.